The normalized spacial score (nSPS) is 17.2. The fourth-order valence-electron chi connectivity index (χ4n) is 5.89. The largest absolute Gasteiger partial charge is 0.460 e. The monoisotopic (exact) mass is 728 g/mol. The van der Waals surface area contributed by atoms with Gasteiger partial charge in [-0.25, -0.2) is 0 Å². The Morgan fingerprint density at radius 3 is 1.96 bits per heavy atom. The van der Waals surface area contributed by atoms with E-state index in [0.29, 0.717) is 25.7 Å². The van der Waals surface area contributed by atoms with Crippen molar-refractivity contribution < 1.29 is 38.6 Å². The van der Waals surface area contributed by atoms with Gasteiger partial charge in [0.2, 0.25) is 29.5 Å². The molecule has 14 nitrogen and oxygen atoms in total. The van der Waals surface area contributed by atoms with Gasteiger partial charge in [0.25, 0.3) is 0 Å². The van der Waals surface area contributed by atoms with Gasteiger partial charge in [-0.1, -0.05) is 75.2 Å². The molecule has 0 fully saturated rings. The number of esters is 1. The molecule has 0 rings (SSSR count). The summed E-state index contributed by atoms with van der Waals surface area (Å²) < 4.78 is 5.86. The first-order chi connectivity index (χ1) is 23.0. The Morgan fingerprint density at radius 1 is 0.920 bits per heavy atom. The van der Waals surface area contributed by atoms with Crippen LogP contribution in [0.4, 0.5) is 0 Å². The highest BCUT2D eigenvalue weighted by atomic mass is 28.1. The van der Waals surface area contributed by atoms with Crippen LogP contribution >= 0.6 is 0 Å². The predicted molar refractivity (Wildman–Crippen MR) is 197 cm³/mol. The van der Waals surface area contributed by atoms with Crippen LogP contribution in [-0.4, -0.2) is 105 Å². The standard InChI is InChI=1S/C35H68N6O8Si/c1-12-15-34(9,10)16-14-26(49-27(43)19-38-30(45)22(6)24(8)42)23(7)32(47)41(11)35(50,17-20(3)4)33(48)40-28(21(5)13-2)31(46)39-25(18-36)29(37)44/h20-26,28,42H,12-19,36H2,1-11,50H3,(H2,37,44)(H,38,45)(H,39,46)(H,40,48)/t21-,22+,23-,24+,25+,26-,28+,35?/m1/s1. The van der Waals surface area contributed by atoms with E-state index in [1.165, 1.54) is 11.8 Å². The Kier molecular flexibility index (Phi) is 20.1. The summed E-state index contributed by atoms with van der Waals surface area (Å²) in [4.78, 5) is 80.4. The summed E-state index contributed by atoms with van der Waals surface area (Å²) in [6.07, 6.45) is 2.01. The van der Waals surface area contributed by atoms with Gasteiger partial charge in [-0.3, -0.25) is 28.8 Å². The van der Waals surface area contributed by atoms with Crippen molar-refractivity contribution in [3.63, 3.8) is 0 Å². The molecule has 0 heterocycles. The summed E-state index contributed by atoms with van der Waals surface area (Å²) in [5, 5.41) is 16.3. The number of aliphatic hydroxyl groups excluding tert-OH is 1. The van der Waals surface area contributed by atoms with Crippen LogP contribution in [0.15, 0.2) is 0 Å². The Morgan fingerprint density at radius 2 is 1.50 bits per heavy atom. The van der Waals surface area contributed by atoms with E-state index in [1.54, 1.807) is 27.8 Å². The number of primary amides is 1. The maximum atomic E-state index is 14.3. The van der Waals surface area contributed by atoms with Crippen molar-refractivity contribution in [2.75, 3.05) is 20.1 Å². The summed E-state index contributed by atoms with van der Waals surface area (Å²) in [6, 6.07) is -2.13. The Labute approximate surface area is 302 Å². The van der Waals surface area contributed by atoms with E-state index in [4.69, 9.17) is 16.2 Å². The van der Waals surface area contributed by atoms with E-state index in [-0.39, 0.29) is 34.0 Å². The number of nitrogens with zero attached hydrogens (tertiary/aromatic N) is 1. The number of carbonyl (C=O) groups is 6. The van der Waals surface area contributed by atoms with Crippen molar-refractivity contribution in [1.29, 1.82) is 0 Å². The van der Waals surface area contributed by atoms with E-state index >= 15 is 0 Å². The minimum absolute atomic E-state index is 0.00715. The molecule has 0 aliphatic rings. The molecule has 15 heteroatoms. The van der Waals surface area contributed by atoms with Crippen LogP contribution in [0.2, 0.25) is 0 Å². The number of carbonyl (C=O) groups excluding carboxylic acids is 6. The molecule has 0 saturated heterocycles. The van der Waals surface area contributed by atoms with E-state index in [9.17, 15) is 33.9 Å². The number of amides is 5. The maximum Gasteiger partial charge on any atom is 0.325 e. The highest BCUT2D eigenvalue weighted by Gasteiger charge is 2.45. The number of hydrogen-bond donors (Lipinski definition) is 6. The molecule has 0 aromatic heterocycles. The number of nitrogens with one attached hydrogen (secondary N) is 3. The molecule has 290 valence electrons. The van der Waals surface area contributed by atoms with E-state index in [2.05, 4.69) is 36.7 Å². The summed E-state index contributed by atoms with van der Waals surface area (Å²) in [7, 11) is 1.76. The van der Waals surface area contributed by atoms with Crippen molar-refractivity contribution in [2.24, 2.45) is 40.6 Å². The lowest BCUT2D eigenvalue weighted by Crippen LogP contribution is -2.65. The molecule has 0 aliphatic carbocycles. The number of rotatable bonds is 23. The maximum absolute atomic E-state index is 14.3. The van der Waals surface area contributed by atoms with Gasteiger partial charge in [0.1, 0.15) is 29.9 Å². The first-order valence-corrected chi connectivity index (χ1v) is 19.0. The van der Waals surface area contributed by atoms with Crippen LogP contribution in [0.3, 0.4) is 0 Å². The fourth-order valence-corrected chi connectivity index (χ4v) is 7.07. The molecule has 0 saturated carbocycles. The zero-order valence-corrected chi connectivity index (χ0v) is 34.7. The first-order valence-electron chi connectivity index (χ1n) is 18.0. The second-order valence-electron chi connectivity index (χ2n) is 15.3. The van der Waals surface area contributed by atoms with Gasteiger partial charge in [0, 0.05) is 23.8 Å². The van der Waals surface area contributed by atoms with Crippen LogP contribution < -0.4 is 27.4 Å². The average molecular weight is 729 g/mol. The lowest BCUT2D eigenvalue weighted by atomic mass is 9.81. The molecular formula is C35H68N6O8Si. The van der Waals surface area contributed by atoms with Crippen molar-refractivity contribution in [3.8, 4) is 0 Å². The molecule has 0 aliphatic heterocycles. The SMILES string of the molecule is CCCC(C)(C)CC[C@@H](OC(=O)CNC(=O)[C@@H](C)[C@H](C)O)[C@@H](C)C(=O)N(C)C([SiH3])(CC(C)C)C(=O)N[C@H](C(=O)N[C@@H](CN)C(N)=O)[C@H](C)CC. The number of likely N-dealkylation sites (N-methyl/N-ethyl adjacent to an activating group) is 1. The molecule has 0 aromatic carbocycles. The topological polar surface area (TPSA) is 223 Å². The molecule has 5 amide bonds. The Hall–Kier alpha value is -3.04. The van der Waals surface area contributed by atoms with Crippen LogP contribution in [0, 0.1) is 29.1 Å². The van der Waals surface area contributed by atoms with Crippen LogP contribution in [-0.2, 0) is 33.5 Å². The number of hydrogen-bond acceptors (Lipinski definition) is 9. The van der Waals surface area contributed by atoms with Crippen molar-refractivity contribution in [1.82, 2.24) is 20.9 Å². The summed E-state index contributed by atoms with van der Waals surface area (Å²) in [6.45, 7) is 17.9. The third-order valence-corrected chi connectivity index (χ3v) is 11.4. The van der Waals surface area contributed by atoms with E-state index in [0.717, 1.165) is 12.8 Å². The van der Waals surface area contributed by atoms with Crippen LogP contribution in [0.5, 0.6) is 0 Å². The highest BCUT2D eigenvalue weighted by molar-refractivity contribution is 6.29. The predicted octanol–water partition coefficient (Wildman–Crippen LogP) is 0.300. The molecular weight excluding hydrogens is 661 g/mol. The van der Waals surface area contributed by atoms with Crippen molar-refractivity contribution in [3.05, 3.63) is 0 Å². The minimum atomic E-state index is -1.29. The molecule has 0 aromatic rings. The first kappa shape index (κ1) is 47.0. The molecule has 0 bridgehead atoms. The van der Waals surface area contributed by atoms with Gasteiger partial charge >= 0.3 is 5.97 Å². The second-order valence-corrected chi connectivity index (χ2v) is 17.0. The lowest BCUT2D eigenvalue weighted by Gasteiger charge is -2.42. The second kappa shape index (κ2) is 21.4. The minimum Gasteiger partial charge on any atom is -0.460 e. The highest BCUT2D eigenvalue weighted by Crippen LogP contribution is 2.32. The van der Waals surface area contributed by atoms with E-state index < -0.39 is 83.3 Å². The zero-order chi connectivity index (χ0) is 39.1. The average Bonchev–Trinajstić information content (AvgIpc) is 3.03. The number of nitrogens with two attached hydrogens (primary N) is 2. The molecule has 8 atom stereocenters. The smallest absolute Gasteiger partial charge is 0.325 e. The molecule has 8 N–H and O–H groups in total. The van der Waals surface area contributed by atoms with Gasteiger partial charge in [-0.15, -0.1) is 0 Å². The summed E-state index contributed by atoms with van der Waals surface area (Å²) in [5.41, 5.74) is 10.9. The van der Waals surface area contributed by atoms with Gasteiger partial charge in [-0.2, -0.15) is 0 Å². The third kappa shape index (κ3) is 14.7. The van der Waals surface area contributed by atoms with Gasteiger partial charge in [-0.05, 0) is 49.9 Å². The van der Waals surface area contributed by atoms with Gasteiger partial charge in [0.05, 0.1) is 17.9 Å². The van der Waals surface area contributed by atoms with Crippen molar-refractivity contribution >= 4 is 45.7 Å². The Bertz CT molecular complexity index is 1150. The molecule has 50 heavy (non-hydrogen) atoms. The summed E-state index contributed by atoms with van der Waals surface area (Å²) in [5.74, 6) is -5.44. The van der Waals surface area contributed by atoms with Crippen LogP contribution in [0.1, 0.15) is 108 Å². The molecule has 0 spiro atoms. The lowest BCUT2D eigenvalue weighted by molar-refractivity contribution is -0.159. The fraction of sp³-hybridized carbons (Fsp3) is 0.829. The Balaban J connectivity index is 6.44. The summed E-state index contributed by atoms with van der Waals surface area (Å²) >= 11 is 0. The number of ether oxygens (including phenoxy) is 1. The van der Waals surface area contributed by atoms with Gasteiger partial charge in [0.15, 0.2) is 0 Å². The number of aliphatic hydroxyl groups is 1. The third-order valence-electron chi connectivity index (χ3n) is 9.85. The van der Waals surface area contributed by atoms with Crippen LogP contribution in [0.25, 0.3) is 0 Å². The quantitative estimate of drug-likeness (QED) is 0.0628. The zero-order valence-electron chi connectivity index (χ0n) is 32.7. The molecule has 1 unspecified atom stereocenters. The molecule has 0 radical (unpaired) electrons. The van der Waals surface area contributed by atoms with E-state index in [1.807, 2.05) is 20.8 Å². The van der Waals surface area contributed by atoms with Gasteiger partial charge < -0.3 is 42.2 Å². The van der Waals surface area contributed by atoms with Crippen molar-refractivity contribution in [2.45, 2.75) is 137 Å².